The van der Waals surface area contributed by atoms with Crippen LogP contribution >= 0.6 is 0 Å². The van der Waals surface area contributed by atoms with E-state index in [1.807, 2.05) is 36.4 Å². The van der Waals surface area contributed by atoms with E-state index in [-0.39, 0.29) is 5.57 Å². The van der Waals surface area contributed by atoms with Gasteiger partial charge in [-0.15, -0.1) is 0 Å². The number of carboxylic acid groups (broad SMARTS) is 1. The number of nitrogens with zero attached hydrogens (tertiary/aromatic N) is 1. The Morgan fingerprint density at radius 2 is 1.94 bits per heavy atom. The molecule has 0 radical (unpaired) electrons. The molecule has 1 aromatic rings. The number of benzene rings is 1. The summed E-state index contributed by atoms with van der Waals surface area (Å²) in [5, 5.41) is 17.6. The molecule has 0 amide bonds. The van der Waals surface area contributed by atoms with Crippen molar-refractivity contribution in [1.82, 2.24) is 0 Å². The predicted octanol–water partition coefficient (Wildman–Crippen LogP) is 3.18. The topological polar surface area (TPSA) is 61.1 Å². The highest BCUT2D eigenvalue weighted by atomic mass is 16.4. The van der Waals surface area contributed by atoms with E-state index in [1.165, 1.54) is 19.1 Å². The van der Waals surface area contributed by atoms with Gasteiger partial charge in [0.2, 0.25) is 0 Å². The summed E-state index contributed by atoms with van der Waals surface area (Å²) in [6.07, 6.45) is 6.36. The molecule has 0 aromatic heterocycles. The number of carbonyl (C=O) groups is 1. The molecule has 0 aliphatic carbocycles. The van der Waals surface area contributed by atoms with E-state index in [1.54, 1.807) is 12.2 Å². The zero-order valence-electron chi connectivity index (χ0n) is 10.00. The van der Waals surface area contributed by atoms with Crippen LogP contribution in [-0.2, 0) is 4.79 Å². The van der Waals surface area contributed by atoms with E-state index in [0.717, 1.165) is 5.56 Å². The summed E-state index contributed by atoms with van der Waals surface area (Å²) >= 11 is 0. The van der Waals surface area contributed by atoms with Crippen LogP contribution in [0.1, 0.15) is 12.5 Å². The number of hydrogen-bond acceptors (Lipinski definition) is 2. The molecule has 3 nitrogen and oxygen atoms in total. The first-order valence-corrected chi connectivity index (χ1v) is 5.38. The molecule has 1 N–H and O–H groups in total. The van der Waals surface area contributed by atoms with Crippen molar-refractivity contribution in [2.24, 2.45) is 0 Å². The van der Waals surface area contributed by atoms with Crippen LogP contribution in [0, 0.1) is 11.3 Å². The van der Waals surface area contributed by atoms with Crippen molar-refractivity contribution in [2.45, 2.75) is 6.92 Å². The predicted molar refractivity (Wildman–Crippen MR) is 70.6 cm³/mol. The van der Waals surface area contributed by atoms with Crippen LogP contribution in [0.4, 0.5) is 0 Å². The lowest BCUT2D eigenvalue weighted by Gasteiger charge is -1.92. The first kappa shape index (κ1) is 13.5. The molecule has 1 aromatic carbocycles. The molecule has 0 atom stereocenters. The van der Waals surface area contributed by atoms with E-state index in [2.05, 4.69) is 0 Å². The highest BCUT2D eigenvalue weighted by Crippen LogP contribution is 2.05. The van der Waals surface area contributed by atoms with Gasteiger partial charge in [0, 0.05) is 5.57 Å². The minimum absolute atomic E-state index is 0.191. The summed E-state index contributed by atoms with van der Waals surface area (Å²) in [4.78, 5) is 10.6. The Bertz CT molecular complexity index is 546. The van der Waals surface area contributed by atoms with Crippen LogP contribution in [0.2, 0.25) is 0 Å². The third kappa shape index (κ3) is 4.50. The van der Waals surface area contributed by atoms with Gasteiger partial charge in [0.1, 0.15) is 0 Å². The molecule has 1 rings (SSSR count). The van der Waals surface area contributed by atoms with Gasteiger partial charge in [0.25, 0.3) is 0 Å². The molecule has 90 valence electrons. The maximum absolute atomic E-state index is 10.6. The molecule has 0 heterocycles. The Balaban J connectivity index is 2.84. The molecular formula is C15H13NO2. The number of allylic oxidation sites excluding steroid dienone is 4. The van der Waals surface area contributed by atoms with Gasteiger partial charge < -0.3 is 5.11 Å². The molecule has 0 aliphatic heterocycles. The van der Waals surface area contributed by atoms with Gasteiger partial charge in [-0.3, -0.25) is 0 Å². The Kier molecular flexibility index (Phi) is 5.14. The molecule has 0 saturated heterocycles. The van der Waals surface area contributed by atoms with Crippen molar-refractivity contribution < 1.29 is 9.90 Å². The lowest BCUT2D eigenvalue weighted by atomic mass is 10.1. The fourth-order valence-electron chi connectivity index (χ4n) is 1.17. The first-order valence-electron chi connectivity index (χ1n) is 5.38. The van der Waals surface area contributed by atoms with Crippen molar-refractivity contribution in [3.63, 3.8) is 0 Å². The Morgan fingerprint density at radius 1 is 1.28 bits per heavy atom. The monoisotopic (exact) mass is 239 g/mol. The SMILES string of the molecule is CC(=CC=C(C#N)C=Cc1ccccc1)C(=O)O. The average molecular weight is 239 g/mol. The van der Waals surface area contributed by atoms with E-state index in [9.17, 15) is 4.79 Å². The largest absolute Gasteiger partial charge is 0.478 e. The minimum atomic E-state index is -0.990. The summed E-state index contributed by atoms with van der Waals surface area (Å²) in [7, 11) is 0. The van der Waals surface area contributed by atoms with Crippen molar-refractivity contribution in [1.29, 1.82) is 5.26 Å². The van der Waals surface area contributed by atoms with Crippen LogP contribution in [-0.4, -0.2) is 11.1 Å². The lowest BCUT2D eigenvalue weighted by Crippen LogP contribution is -1.94. The molecule has 18 heavy (non-hydrogen) atoms. The Labute approximate surface area is 106 Å². The van der Waals surface area contributed by atoms with Crippen molar-refractivity contribution in [3.8, 4) is 6.07 Å². The van der Waals surface area contributed by atoms with Crippen molar-refractivity contribution in [3.05, 3.63) is 65.3 Å². The third-order valence-electron chi connectivity index (χ3n) is 2.23. The van der Waals surface area contributed by atoms with Gasteiger partial charge in [-0.2, -0.15) is 5.26 Å². The van der Waals surface area contributed by atoms with E-state index in [4.69, 9.17) is 10.4 Å². The lowest BCUT2D eigenvalue weighted by molar-refractivity contribution is -0.132. The smallest absolute Gasteiger partial charge is 0.331 e. The second-order valence-corrected chi connectivity index (χ2v) is 3.63. The molecule has 0 fully saturated rings. The molecule has 3 heteroatoms. The summed E-state index contributed by atoms with van der Waals surface area (Å²) in [5.41, 5.74) is 1.58. The van der Waals surface area contributed by atoms with Gasteiger partial charge in [0.05, 0.1) is 11.6 Å². The Hall–Kier alpha value is -2.60. The summed E-state index contributed by atoms with van der Waals surface area (Å²) in [5.74, 6) is -0.990. The average Bonchev–Trinajstić information content (AvgIpc) is 2.39. The third-order valence-corrected chi connectivity index (χ3v) is 2.23. The molecule has 0 unspecified atom stereocenters. The summed E-state index contributed by atoms with van der Waals surface area (Å²) < 4.78 is 0. The standard InChI is InChI=1S/C15H13NO2/c1-12(15(17)18)7-8-14(11-16)10-9-13-5-3-2-4-6-13/h2-10H,1H3,(H,17,18). The number of hydrogen-bond donors (Lipinski definition) is 1. The van der Waals surface area contributed by atoms with E-state index < -0.39 is 5.97 Å². The number of aliphatic carboxylic acids is 1. The van der Waals surface area contributed by atoms with Crippen LogP contribution in [0.15, 0.2) is 59.7 Å². The van der Waals surface area contributed by atoms with Crippen LogP contribution in [0.5, 0.6) is 0 Å². The first-order chi connectivity index (χ1) is 8.63. The highest BCUT2D eigenvalue weighted by molar-refractivity contribution is 5.86. The van der Waals surface area contributed by atoms with Gasteiger partial charge >= 0.3 is 5.97 Å². The zero-order valence-corrected chi connectivity index (χ0v) is 10.00. The van der Waals surface area contributed by atoms with Gasteiger partial charge in [0.15, 0.2) is 0 Å². The van der Waals surface area contributed by atoms with Gasteiger partial charge in [-0.25, -0.2) is 4.79 Å². The molecule has 0 spiro atoms. The second-order valence-electron chi connectivity index (χ2n) is 3.63. The van der Waals surface area contributed by atoms with Crippen LogP contribution < -0.4 is 0 Å². The minimum Gasteiger partial charge on any atom is -0.478 e. The molecule has 0 saturated carbocycles. The van der Waals surface area contributed by atoms with Gasteiger partial charge in [-0.1, -0.05) is 42.5 Å². The summed E-state index contributed by atoms with van der Waals surface area (Å²) in [6, 6.07) is 11.6. The van der Waals surface area contributed by atoms with Crippen LogP contribution in [0.25, 0.3) is 6.08 Å². The fraction of sp³-hybridized carbons (Fsp3) is 0.0667. The van der Waals surface area contributed by atoms with E-state index in [0.29, 0.717) is 5.57 Å². The van der Waals surface area contributed by atoms with Crippen LogP contribution in [0.3, 0.4) is 0 Å². The number of nitriles is 1. The number of carboxylic acids is 1. The fourth-order valence-corrected chi connectivity index (χ4v) is 1.17. The maximum atomic E-state index is 10.6. The van der Waals surface area contributed by atoms with Gasteiger partial charge in [-0.05, 0) is 24.6 Å². The molecular weight excluding hydrogens is 226 g/mol. The quantitative estimate of drug-likeness (QED) is 0.498. The van der Waals surface area contributed by atoms with Crippen molar-refractivity contribution in [2.75, 3.05) is 0 Å². The maximum Gasteiger partial charge on any atom is 0.331 e. The second kappa shape index (κ2) is 6.87. The van der Waals surface area contributed by atoms with E-state index >= 15 is 0 Å². The zero-order chi connectivity index (χ0) is 13.4. The number of rotatable bonds is 4. The highest BCUT2D eigenvalue weighted by Gasteiger charge is 1.97. The normalized spacial score (nSPS) is 12.4. The molecule has 0 bridgehead atoms. The Morgan fingerprint density at radius 3 is 2.50 bits per heavy atom. The molecule has 0 aliphatic rings. The van der Waals surface area contributed by atoms with Crippen molar-refractivity contribution >= 4 is 12.0 Å². The summed E-state index contributed by atoms with van der Waals surface area (Å²) in [6.45, 7) is 1.48.